The van der Waals surface area contributed by atoms with Crippen molar-refractivity contribution < 1.29 is 9.84 Å². The molecule has 0 unspecified atom stereocenters. The lowest BCUT2D eigenvalue weighted by atomic mass is 10.1. The van der Waals surface area contributed by atoms with E-state index in [4.69, 9.17) is 10.5 Å². The van der Waals surface area contributed by atoms with E-state index >= 15 is 0 Å². The summed E-state index contributed by atoms with van der Waals surface area (Å²) >= 11 is 0. The Labute approximate surface area is 136 Å². The Morgan fingerprint density at radius 2 is 2.00 bits per heavy atom. The van der Waals surface area contributed by atoms with Crippen LogP contribution in [0.3, 0.4) is 0 Å². The minimum Gasteiger partial charge on any atom is -0.472 e. The van der Waals surface area contributed by atoms with Crippen LogP contribution in [0.5, 0.6) is 5.88 Å². The standard InChI is InChI=1S/C16H27N5O2/c1-6-7-8-11-18-12-13(21(11)9-16(4,5)22)15(23-10(2)3)20-19-14(12)17/h10,22H,6-9H2,1-5H3,(H2,17,19). The molecular formula is C16H27N5O2. The van der Waals surface area contributed by atoms with Crippen LogP contribution >= 0.6 is 0 Å². The molecule has 0 aliphatic rings. The zero-order valence-electron chi connectivity index (χ0n) is 14.6. The fraction of sp³-hybridized carbons (Fsp3) is 0.688. The van der Waals surface area contributed by atoms with E-state index in [2.05, 4.69) is 22.1 Å². The van der Waals surface area contributed by atoms with Gasteiger partial charge < -0.3 is 20.1 Å². The molecule has 2 rings (SSSR count). The van der Waals surface area contributed by atoms with E-state index in [0.29, 0.717) is 23.5 Å². The Morgan fingerprint density at radius 1 is 1.30 bits per heavy atom. The van der Waals surface area contributed by atoms with Gasteiger partial charge in [0, 0.05) is 6.42 Å². The summed E-state index contributed by atoms with van der Waals surface area (Å²) in [5, 5.41) is 18.3. The van der Waals surface area contributed by atoms with Crippen LogP contribution in [0.4, 0.5) is 5.82 Å². The maximum atomic E-state index is 10.3. The van der Waals surface area contributed by atoms with Crippen molar-refractivity contribution in [3.8, 4) is 5.88 Å². The van der Waals surface area contributed by atoms with Gasteiger partial charge in [-0.25, -0.2) is 4.98 Å². The molecule has 0 aromatic carbocycles. The van der Waals surface area contributed by atoms with Gasteiger partial charge in [0.2, 0.25) is 0 Å². The average molecular weight is 321 g/mol. The van der Waals surface area contributed by atoms with Gasteiger partial charge in [0.15, 0.2) is 5.82 Å². The number of nitrogens with two attached hydrogens (primary N) is 1. The smallest absolute Gasteiger partial charge is 0.260 e. The lowest BCUT2D eigenvalue weighted by molar-refractivity contribution is 0.0616. The summed E-state index contributed by atoms with van der Waals surface area (Å²) < 4.78 is 7.75. The molecule has 0 saturated heterocycles. The Bertz CT molecular complexity index is 673. The van der Waals surface area contributed by atoms with Crippen LogP contribution in [0.25, 0.3) is 11.0 Å². The molecule has 0 bridgehead atoms. The number of unbranched alkanes of at least 4 members (excludes halogenated alkanes) is 1. The van der Waals surface area contributed by atoms with E-state index < -0.39 is 5.60 Å². The summed E-state index contributed by atoms with van der Waals surface area (Å²) in [6.07, 6.45) is 2.84. The van der Waals surface area contributed by atoms with Crippen molar-refractivity contribution in [2.24, 2.45) is 0 Å². The van der Waals surface area contributed by atoms with E-state index in [1.54, 1.807) is 13.8 Å². The summed E-state index contributed by atoms with van der Waals surface area (Å²) in [5.41, 5.74) is 6.37. The van der Waals surface area contributed by atoms with E-state index in [0.717, 1.165) is 25.1 Å². The van der Waals surface area contributed by atoms with Gasteiger partial charge in [0.1, 0.15) is 16.9 Å². The predicted molar refractivity (Wildman–Crippen MR) is 90.4 cm³/mol. The molecule has 0 aliphatic carbocycles. The summed E-state index contributed by atoms with van der Waals surface area (Å²) in [5.74, 6) is 1.56. The number of ether oxygens (including phenoxy) is 1. The maximum Gasteiger partial charge on any atom is 0.260 e. The van der Waals surface area contributed by atoms with E-state index in [9.17, 15) is 5.11 Å². The third-order valence-electron chi connectivity index (χ3n) is 3.39. The van der Waals surface area contributed by atoms with Crippen LogP contribution in [-0.4, -0.2) is 36.6 Å². The molecule has 23 heavy (non-hydrogen) atoms. The molecule has 0 fully saturated rings. The predicted octanol–water partition coefficient (Wildman–Crippen LogP) is 2.31. The highest BCUT2D eigenvalue weighted by molar-refractivity contribution is 5.88. The van der Waals surface area contributed by atoms with Crippen LogP contribution < -0.4 is 10.5 Å². The number of nitrogen functional groups attached to an aromatic ring is 1. The highest BCUT2D eigenvalue weighted by atomic mass is 16.5. The third-order valence-corrected chi connectivity index (χ3v) is 3.39. The van der Waals surface area contributed by atoms with Crippen molar-refractivity contribution in [3.63, 3.8) is 0 Å². The number of aliphatic hydroxyl groups is 1. The number of hydrogen-bond acceptors (Lipinski definition) is 6. The topological polar surface area (TPSA) is 99.1 Å². The number of aryl methyl sites for hydroxylation is 1. The zero-order chi connectivity index (χ0) is 17.2. The number of imidazole rings is 1. The molecule has 0 amide bonds. The molecule has 0 aliphatic heterocycles. The number of aromatic nitrogens is 4. The fourth-order valence-corrected chi connectivity index (χ4v) is 2.47. The van der Waals surface area contributed by atoms with Crippen LogP contribution in [0, 0.1) is 0 Å². The van der Waals surface area contributed by atoms with Crippen LogP contribution in [0.15, 0.2) is 0 Å². The Balaban J connectivity index is 2.65. The number of fused-ring (bicyclic) bond motifs is 1. The van der Waals surface area contributed by atoms with Gasteiger partial charge in [-0.05, 0) is 34.1 Å². The van der Waals surface area contributed by atoms with E-state index in [1.807, 2.05) is 18.4 Å². The molecule has 0 radical (unpaired) electrons. The van der Waals surface area contributed by atoms with Gasteiger partial charge in [0.05, 0.1) is 18.2 Å². The summed E-state index contributed by atoms with van der Waals surface area (Å²) in [4.78, 5) is 4.65. The second-order valence-corrected chi connectivity index (χ2v) is 6.78. The van der Waals surface area contributed by atoms with Gasteiger partial charge >= 0.3 is 0 Å². The average Bonchev–Trinajstić information content (AvgIpc) is 2.77. The van der Waals surface area contributed by atoms with Gasteiger partial charge in [-0.2, -0.15) is 0 Å². The highest BCUT2D eigenvalue weighted by Gasteiger charge is 2.24. The second kappa shape index (κ2) is 6.70. The van der Waals surface area contributed by atoms with Gasteiger partial charge in [-0.15, -0.1) is 10.2 Å². The summed E-state index contributed by atoms with van der Waals surface area (Å²) in [7, 11) is 0. The van der Waals surface area contributed by atoms with Crippen LogP contribution in [0.1, 0.15) is 53.3 Å². The Hall–Kier alpha value is -1.89. The van der Waals surface area contributed by atoms with Crippen molar-refractivity contribution in [2.75, 3.05) is 5.73 Å². The molecular weight excluding hydrogens is 294 g/mol. The van der Waals surface area contributed by atoms with Crippen LogP contribution in [-0.2, 0) is 13.0 Å². The molecule has 0 spiro atoms. The van der Waals surface area contributed by atoms with E-state index in [1.165, 1.54) is 0 Å². The minimum atomic E-state index is -0.887. The number of hydrogen-bond donors (Lipinski definition) is 2. The van der Waals surface area contributed by atoms with Crippen LogP contribution in [0.2, 0.25) is 0 Å². The monoisotopic (exact) mass is 321 g/mol. The van der Waals surface area contributed by atoms with E-state index in [-0.39, 0.29) is 11.9 Å². The second-order valence-electron chi connectivity index (χ2n) is 6.78. The maximum absolute atomic E-state index is 10.3. The summed E-state index contributed by atoms with van der Waals surface area (Å²) in [6, 6.07) is 0. The molecule has 128 valence electrons. The first-order valence-electron chi connectivity index (χ1n) is 8.13. The van der Waals surface area contributed by atoms with Crippen molar-refractivity contribution in [3.05, 3.63) is 5.82 Å². The quantitative estimate of drug-likeness (QED) is 0.812. The summed E-state index contributed by atoms with van der Waals surface area (Å²) in [6.45, 7) is 9.92. The van der Waals surface area contributed by atoms with Crippen molar-refractivity contribution in [1.29, 1.82) is 0 Å². The number of nitrogens with zero attached hydrogens (tertiary/aromatic N) is 4. The lowest BCUT2D eigenvalue weighted by Crippen LogP contribution is -2.27. The van der Waals surface area contributed by atoms with Crippen molar-refractivity contribution in [1.82, 2.24) is 19.7 Å². The Kier molecular flexibility index (Phi) is 5.09. The minimum absolute atomic E-state index is 0.0410. The Morgan fingerprint density at radius 3 is 2.57 bits per heavy atom. The first kappa shape index (κ1) is 17.5. The van der Waals surface area contributed by atoms with Gasteiger partial charge in [0.25, 0.3) is 5.88 Å². The SMILES string of the molecule is CCCCc1nc2c(N)nnc(OC(C)C)c2n1CC(C)(C)O. The van der Waals surface area contributed by atoms with Crippen molar-refractivity contribution in [2.45, 2.75) is 72.1 Å². The molecule has 0 atom stereocenters. The lowest BCUT2D eigenvalue weighted by Gasteiger charge is -2.21. The highest BCUT2D eigenvalue weighted by Crippen LogP contribution is 2.30. The molecule has 7 nitrogen and oxygen atoms in total. The molecule has 0 saturated carbocycles. The third kappa shape index (κ3) is 4.10. The van der Waals surface area contributed by atoms with Crippen molar-refractivity contribution >= 4 is 16.9 Å². The molecule has 3 N–H and O–H groups in total. The number of rotatable bonds is 7. The van der Waals surface area contributed by atoms with Gasteiger partial charge in [-0.1, -0.05) is 13.3 Å². The number of anilines is 1. The molecule has 2 heterocycles. The zero-order valence-corrected chi connectivity index (χ0v) is 14.6. The molecule has 2 aromatic rings. The fourth-order valence-electron chi connectivity index (χ4n) is 2.47. The molecule has 2 aromatic heterocycles. The van der Waals surface area contributed by atoms with Gasteiger partial charge in [-0.3, -0.25) is 0 Å². The first-order chi connectivity index (χ1) is 10.7. The molecule has 7 heteroatoms. The first-order valence-corrected chi connectivity index (χ1v) is 8.13. The largest absolute Gasteiger partial charge is 0.472 e. The normalized spacial score (nSPS) is 12.3.